The first kappa shape index (κ1) is 13.9. The summed E-state index contributed by atoms with van der Waals surface area (Å²) in [5, 5.41) is 3.44. The van der Waals surface area contributed by atoms with E-state index < -0.39 is 0 Å². The van der Waals surface area contributed by atoms with Gasteiger partial charge in [0.25, 0.3) is 0 Å². The second-order valence-electron chi connectivity index (χ2n) is 4.55. The highest BCUT2D eigenvalue weighted by Crippen LogP contribution is 2.04. The zero-order valence-electron chi connectivity index (χ0n) is 10.9. The molecule has 1 fully saturated rings. The summed E-state index contributed by atoms with van der Waals surface area (Å²) < 4.78 is 10.6. The molecule has 0 saturated carbocycles. The largest absolute Gasteiger partial charge is 0.355 e. The van der Waals surface area contributed by atoms with Crippen LogP contribution in [0.25, 0.3) is 0 Å². The second kappa shape index (κ2) is 8.01. The molecule has 0 aromatic heterocycles. The summed E-state index contributed by atoms with van der Waals surface area (Å²) in [6, 6.07) is 0.668. The zero-order valence-corrected chi connectivity index (χ0v) is 10.9. The molecule has 0 bridgehead atoms. The molecule has 2 unspecified atom stereocenters. The summed E-state index contributed by atoms with van der Waals surface area (Å²) in [5.74, 6) is 0. The fourth-order valence-corrected chi connectivity index (χ4v) is 1.71. The van der Waals surface area contributed by atoms with Crippen LogP contribution in [0.5, 0.6) is 0 Å². The summed E-state index contributed by atoms with van der Waals surface area (Å²) in [6.07, 6.45) is 2.55. The van der Waals surface area contributed by atoms with E-state index in [-0.39, 0.29) is 0 Å². The summed E-state index contributed by atoms with van der Waals surface area (Å²) in [6.45, 7) is 8.85. The number of hydrogen-bond donors (Lipinski definition) is 1. The van der Waals surface area contributed by atoms with E-state index in [4.69, 9.17) is 9.47 Å². The van der Waals surface area contributed by atoms with E-state index in [9.17, 15) is 0 Å². The molecule has 1 rings (SSSR count). The van der Waals surface area contributed by atoms with Crippen LogP contribution >= 0.6 is 0 Å². The predicted molar refractivity (Wildman–Crippen MR) is 65.6 cm³/mol. The number of nitrogens with zero attached hydrogens (tertiary/aromatic N) is 1. The van der Waals surface area contributed by atoms with Crippen LogP contribution in [0, 0.1) is 0 Å². The normalized spacial score (nSPS) is 23.6. The van der Waals surface area contributed by atoms with Crippen molar-refractivity contribution in [1.29, 1.82) is 0 Å². The predicted octanol–water partition coefficient (Wildman–Crippen LogP) is 1.07. The Hall–Kier alpha value is -0.160. The standard InChI is InChI=1S/C12H26N2O2/c1-4-11(2)14(3)7-6-13-9-12-5-8-15-10-16-12/h11-13H,4-10H2,1-3H3. The number of likely N-dealkylation sites (N-methyl/N-ethyl adjacent to an activating group) is 1. The lowest BCUT2D eigenvalue weighted by Gasteiger charge is -2.25. The SMILES string of the molecule is CCC(C)N(C)CCNCC1CCOCO1. The molecule has 1 aliphatic heterocycles. The summed E-state index contributed by atoms with van der Waals surface area (Å²) in [4.78, 5) is 2.39. The highest BCUT2D eigenvalue weighted by molar-refractivity contribution is 4.66. The molecular weight excluding hydrogens is 204 g/mol. The molecule has 1 aliphatic rings. The number of rotatable bonds is 7. The highest BCUT2D eigenvalue weighted by Gasteiger charge is 2.13. The van der Waals surface area contributed by atoms with Gasteiger partial charge < -0.3 is 19.7 Å². The van der Waals surface area contributed by atoms with Crippen molar-refractivity contribution in [2.45, 2.75) is 38.8 Å². The van der Waals surface area contributed by atoms with Crippen LogP contribution < -0.4 is 5.32 Å². The van der Waals surface area contributed by atoms with E-state index in [0.717, 1.165) is 32.7 Å². The maximum absolute atomic E-state index is 5.46. The third kappa shape index (κ3) is 5.25. The minimum atomic E-state index is 0.336. The molecule has 0 aromatic rings. The molecule has 1 heterocycles. The van der Waals surface area contributed by atoms with Crippen LogP contribution in [0.3, 0.4) is 0 Å². The van der Waals surface area contributed by atoms with Gasteiger partial charge in [-0.1, -0.05) is 6.92 Å². The molecular formula is C12H26N2O2. The lowest BCUT2D eigenvalue weighted by Crippen LogP contribution is -2.39. The van der Waals surface area contributed by atoms with Gasteiger partial charge in [0.05, 0.1) is 12.7 Å². The Morgan fingerprint density at radius 3 is 2.94 bits per heavy atom. The molecule has 0 amide bonds. The zero-order chi connectivity index (χ0) is 11.8. The van der Waals surface area contributed by atoms with E-state index in [2.05, 4.69) is 31.1 Å². The van der Waals surface area contributed by atoms with Crippen LogP contribution in [0.4, 0.5) is 0 Å². The van der Waals surface area contributed by atoms with Gasteiger partial charge in [-0.3, -0.25) is 0 Å². The Morgan fingerprint density at radius 2 is 2.31 bits per heavy atom. The lowest BCUT2D eigenvalue weighted by molar-refractivity contribution is -0.137. The monoisotopic (exact) mass is 230 g/mol. The molecule has 16 heavy (non-hydrogen) atoms. The van der Waals surface area contributed by atoms with Crippen molar-refractivity contribution in [3.63, 3.8) is 0 Å². The van der Waals surface area contributed by atoms with Gasteiger partial charge in [-0.05, 0) is 26.8 Å². The Bertz CT molecular complexity index is 168. The fraction of sp³-hybridized carbons (Fsp3) is 1.00. The second-order valence-corrected chi connectivity index (χ2v) is 4.55. The Labute approximate surface area is 99.3 Å². The first-order valence-corrected chi connectivity index (χ1v) is 6.34. The van der Waals surface area contributed by atoms with Crippen molar-refractivity contribution in [3.05, 3.63) is 0 Å². The molecule has 0 spiro atoms. The Kier molecular flexibility index (Phi) is 6.96. The molecule has 1 saturated heterocycles. The first-order chi connectivity index (χ1) is 7.74. The van der Waals surface area contributed by atoms with Crippen LogP contribution in [0.15, 0.2) is 0 Å². The first-order valence-electron chi connectivity index (χ1n) is 6.34. The van der Waals surface area contributed by atoms with Crippen LogP contribution in [-0.2, 0) is 9.47 Å². The van der Waals surface area contributed by atoms with E-state index in [1.807, 2.05) is 0 Å². The summed E-state index contributed by atoms with van der Waals surface area (Å²) >= 11 is 0. The fourth-order valence-electron chi connectivity index (χ4n) is 1.71. The van der Waals surface area contributed by atoms with Gasteiger partial charge in [0.2, 0.25) is 0 Å². The Balaban J connectivity index is 1.98. The third-order valence-corrected chi connectivity index (χ3v) is 3.33. The van der Waals surface area contributed by atoms with Crippen molar-refractivity contribution < 1.29 is 9.47 Å². The topological polar surface area (TPSA) is 33.7 Å². The van der Waals surface area contributed by atoms with Crippen molar-refractivity contribution in [1.82, 2.24) is 10.2 Å². The molecule has 0 aromatic carbocycles. The molecule has 4 heteroatoms. The minimum Gasteiger partial charge on any atom is -0.355 e. The summed E-state index contributed by atoms with van der Waals surface area (Å²) in [7, 11) is 2.18. The van der Waals surface area contributed by atoms with Gasteiger partial charge in [-0.25, -0.2) is 0 Å². The Morgan fingerprint density at radius 1 is 1.50 bits per heavy atom. The molecule has 4 nitrogen and oxygen atoms in total. The van der Waals surface area contributed by atoms with Crippen molar-refractivity contribution >= 4 is 0 Å². The average molecular weight is 230 g/mol. The van der Waals surface area contributed by atoms with Gasteiger partial charge in [0.1, 0.15) is 6.79 Å². The molecule has 1 N–H and O–H groups in total. The average Bonchev–Trinajstić information content (AvgIpc) is 2.34. The molecule has 0 radical (unpaired) electrons. The summed E-state index contributed by atoms with van der Waals surface area (Å²) in [5.41, 5.74) is 0. The number of nitrogens with one attached hydrogen (secondary N) is 1. The van der Waals surface area contributed by atoms with Crippen LogP contribution in [0.2, 0.25) is 0 Å². The van der Waals surface area contributed by atoms with Gasteiger partial charge >= 0.3 is 0 Å². The van der Waals surface area contributed by atoms with E-state index in [0.29, 0.717) is 18.9 Å². The third-order valence-electron chi connectivity index (χ3n) is 3.33. The highest BCUT2D eigenvalue weighted by atomic mass is 16.7. The molecule has 96 valence electrons. The van der Waals surface area contributed by atoms with Gasteiger partial charge in [-0.15, -0.1) is 0 Å². The van der Waals surface area contributed by atoms with Crippen LogP contribution in [-0.4, -0.2) is 57.1 Å². The van der Waals surface area contributed by atoms with E-state index >= 15 is 0 Å². The van der Waals surface area contributed by atoms with Gasteiger partial charge in [0.15, 0.2) is 0 Å². The maximum Gasteiger partial charge on any atom is 0.147 e. The minimum absolute atomic E-state index is 0.336. The van der Waals surface area contributed by atoms with E-state index in [1.54, 1.807) is 0 Å². The van der Waals surface area contributed by atoms with Gasteiger partial charge in [-0.2, -0.15) is 0 Å². The quantitative estimate of drug-likeness (QED) is 0.663. The van der Waals surface area contributed by atoms with Crippen molar-refractivity contribution in [2.75, 3.05) is 40.1 Å². The number of hydrogen-bond acceptors (Lipinski definition) is 4. The lowest BCUT2D eigenvalue weighted by atomic mass is 10.2. The van der Waals surface area contributed by atoms with Crippen molar-refractivity contribution in [2.24, 2.45) is 0 Å². The molecule has 2 atom stereocenters. The van der Waals surface area contributed by atoms with Gasteiger partial charge in [0, 0.05) is 25.7 Å². The smallest absolute Gasteiger partial charge is 0.147 e. The van der Waals surface area contributed by atoms with Crippen molar-refractivity contribution in [3.8, 4) is 0 Å². The maximum atomic E-state index is 5.46. The molecule has 0 aliphatic carbocycles. The number of ether oxygens (including phenoxy) is 2. The van der Waals surface area contributed by atoms with Crippen LogP contribution in [0.1, 0.15) is 26.7 Å². The van der Waals surface area contributed by atoms with E-state index in [1.165, 1.54) is 6.42 Å².